The van der Waals surface area contributed by atoms with Crippen LogP contribution < -0.4 is 10.1 Å². The molecule has 0 unspecified atom stereocenters. The number of hydrogen-bond acceptors (Lipinski definition) is 4. The van der Waals surface area contributed by atoms with E-state index in [1.807, 2.05) is 18.2 Å². The monoisotopic (exact) mass is 442 g/mol. The summed E-state index contributed by atoms with van der Waals surface area (Å²) >= 11 is 0. The molecule has 0 fully saturated rings. The van der Waals surface area contributed by atoms with Gasteiger partial charge in [-0.05, 0) is 37.1 Å². The topological polar surface area (TPSA) is 76.5 Å². The van der Waals surface area contributed by atoms with Crippen LogP contribution in [-0.4, -0.2) is 46.2 Å². The van der Waals surface area contributed by atoms with Crippen molar-refractivity contribution in [1.29, 1.82) is 0 Å². The molecule has 32 heavy (non-hydrogen) atoms. The number of benzene rings is 1. The molecule has 0 aliphatic heterocycles. The van der Waals surface area contributed by atoms with Crippen LogP contribution in [-0.2, 0) is 17.3 Å². The SMILES string of the molecule is CCCCOc1ccc(C(=O)N(CCCC)CC(=O)Nc2cc(C(C)(C)C)nn2C)cc1. The first kappa shape index (κ1) is 25.4. The molecule has 1 aromatic heterocycles. The van der Waals surface area contributed by atoms with E-state index in [4.69, 9.17) is 4.74 Å². The van der Waals surface area contributed by atoms with E-state index in [-0.39, 0.29) is 23.8 Å². The molecule has 2 rings (SSSR count). The molecule has 0 spiro atoms. The average molecular weight is 443 g/mol. The molecule has 2 amide bonds. The largest absolute Gasteiger partial charge is 0.494 e. The van der Waals surface area contributed by atoms with Gasteiger partial charge in [-0.15, -0.1) is 0 Å². The first-order valence-electron chi connectivity index (χ1n) is 11.5. The lowest BCUT2D eigenvalue weighted by Crippen LogP contribution is -2.38. The van der Waals surface area contributed by atoms with Crippen LogP contribution in [0.4, 0.5) is 5.82 Å². The van der Waals surface area contributed by atoms with Crippen molar-refractivity contribution in [2.75, 3.05) is 25.0 Å². The lowest BCUT2D eigenvalue weighted by atomic mass is 9.92. The van der Waals surface area contributed by atoms with E-state index in [1.165, 1.54) is 0 Å². The summed E-state index contributed by atoms with van der Waals surface area (Å²) in [5.74, 6) is 0.974. The number of hydrogen-bond donors (Lipinski definition) is 1. The summed E-state index contributed by atoms with van der Waals surface area (Å²) < 4.78 is 7.34. The summed E-state index contributed by atoms with van der Waals surface area (Å²) in [6.45, 7) is 11.6. The maximum atomic E-state index is 13.1. The second-order valence-corrected chi connectivity index (χ2v) is 9.14. The van der Waals surface area contributed by atoms with Gasteiger partial charge in [-0.2, -0.15) is 5.10 Å². The van der Waals surface area contributed by atoms with E-state index in [0.29, 0.717) is 24.5 Å². The van der Waals surface area contributed by atoms with Gasteiger partial charge in [-0.25, -0.2) is 0 Å². The molecule has 1 aromatic carbocycles. The van der Waals surface area contributed by atoms with Gasteiger partial charge < -0.3 is 15.0 Å². The first-order valence-corrected chi connectivity index (χ1v) is 11.5. The van der Waals surface area contributed by atoms with Gasteiger partial charge in [0.2, 0.25) is 5.91 Å². The second-order valence-electron chi connectivity index (χ2n) is 9.14. The van der Waals surface area contributed by atoms with Crippen LogP contribution in [0.25, 0.3) is 0 Å². The molecule has 0 saturated heterocycles. The van der Waals surface area contributed by atoms with Crippen molar-refractivity contribution in [3.63, 3.8) is 0 Å². The number of rotatable bonds is 11. The molecule has 176 valence electrons. The summed E-state index contributed by atoms with van der Waals surface area (Å²) in [5, 5.41) is 7.39. The number of aryl methyl sites for hydroxylation is 1. The van der Waals surface area contributed by atoms with E-state index >= 15 is 0 Å². The minimum Gasteiger partial charge on any atom is -0.494 e. The minimum absolute atomic E-state index is 0.0103. The second kappa shape index (κ2) is 11.7. The molecule has 1 heterocycles. The molecule has 0 aliphatic carbocycles. The Hall–Kier alpha value is -2.83. The zero-order valence-corrected chi connectivity index (χ0v) is 20.4. The molecule has 0 bridgehead atoms. The average Bonchev–Trinajstić information content (AvgIpc) is 3.12. The van der Waals surface area contributed by atoms with Crippen LogP contribution in [0.3, 0.4) is 0 Å². The van der Waals surface area contributed by atoms with E-state index in [1.54, 1.807) is 28.8 Å². The molecule has 0 aliphatic rings. The predicted molar refractivity (Wildman–Crippen MR) is 128 cm³/mol. The maximum Gasteiger partial charge on any atom is 0.254 e. The highest BCUT2D eigenvalue weighted by Crippen LogP contribution is 2.23. The third-order valence-electron chi connectivity index (χ3n) is 5.19. The molecule has 0 atom stereocenters. The normalized spacial score (nSPS) is 11.3. The molecule has 0 radical (unpaired) electrons. The Kier molecular flexibility index (Phi) is 9.29. The Morgan fingerprint density at radius 1 is 1.09 bits per heavy atom. The zero-order valence-electron chi connectivity index (χ0n) is 20.4. The van der Waals surface area contributed by atoms with Gasteiger partial charge in [-0.1, -0.05) is 47.5 Å². The van der Waals surface area contributed by atoms with Crippen molar-refractivity contribution in [2.24, 2.45) is 7.05 Å². The van der Waals surface area contributed by atoms with Crippen molar-refractivity contribution < 1.29 is 14.3 Å². The van der Waals surface area contributed by atoms with Crippen LogP contribution in [0.15, 0.2) is 30.3 Å². The number of nitrogens with one attached hydrogen (secondary N) is 1. The zero-order chi connectivity index (χ0) is 23.7. The maximum absolute atomic E-state index is 13.1. The summed E-state index contributed by atoms with van der Waals surface area (Å²) in [4.78, 5) is 27.5. The molecular formula is C25H38N4O3. The number of aromatic nitrogens is 2. The summed E-state index contributed by atoms with van der Waals surface area (Å²) in [6.07, 6.45) is 3.83. The highest BCUT2D eigenvalue weighted by molar-refractivity contribution is 5.99. The Balaban J connectivity index is 2.06. The molecule has 7 heteroatoms. The van der Waals surface area contributed by atoms with Crippen molar-refractivity contribution in [3.8, 4) is 5.75 Å². The van der Waals surface area contributed by atoms with E-state index in [0.717, 1.165) is 37.1 Å². The predicted octanol–water partition coefficient (Wildman–Crippen LogP) is 4.78. The lowest BCUT2D eigenvalue weighted by molar-refractivity contribution is -0.117. The van der Waals surface area contributed by atoms with Crippen molar-refractivity contribution in [1.82, 2.24) is 14.7 Å². The highest BCUT2D eigenvalue weighted by atomic mass is 16.5. The van der Waals surface area contributed by atoms with Gasteiger partial charge in [0.15, 0.2) is 0 Å². The third kappa shape index (κ3) is 7.39. The molecular weight excluding hydrogens is 404 g/mol. The minimum atomic E-state index is -0.238. The summed E-state index contributed by atoms with van der Waals surface area (Å²) in [6, 6.07) is 9.02. The molecule has 2 aromatic rings. The van der Waals surface area contributed by atoms with Crippen LogP contribution in [0, 0.1) is 0 Å². The first-order chi connectivity index (χ1) is 15.2. The Labute approximate surface area is 192 Å². The summed E-state index contributed by atoms with van der Waals surface area (Å²) in [7, 11) is 1.80. The van der Waals surface area contributed by atoms with Crippen LogP contribution in [0.5, 0.6) is 5.75 Å². The van der Waals surface area contributed by atoms with Gasteiger partial charge in [0, 0.05) is 30.6 Å². The van der Waals surface area contributed by atoms with Crippen molar-refractivity contribution in [3.05, 3.63) is 41.6 Å². The Morgan fingerprint density at radius 2 is 1.75 bits per heavy atom. The van der Waals surface area contributed by atoms with E-state index in [2.05, 4.69) is 45.0 Å². The van der Waals surface area contributed by atoms with Gasteiger partial charge in [-0.3, -0.25) is 14.3 Å². The fourth-order valence-electron chi connectivity index (χ4n) is 3.12. The number of carbonyl (C=O) groups excluding carboxylic acids is 2. The Bertz CT molecular complexity index is 882. The van der Waals surface area contributed by atoms with Gasteiger partial charge >= 0.3 is 0 Å². The van der Waals surface area contributed by atoms with Crippen molar-refractivity contribution >= 4 is 17.6 Å². The van der Waals surface area contributed by atoms with Gasteiger partial charge in [0.05, 0.1) is 12.3 Å². The van der Waals surface area contributed by atoms with Crippen LogP contribution >= 0.6 is 0 Å². The number of ether oxygens (including phenoxy) is 1. The smallest absolute Gasteiger partial charge is 0.254 e. The van der Waals surface area contributed by atoms with E-state index in [9.17, 15) is 9.59 Å². The number of unbranched alkanes of at least 4 members (excludes halogenated alkanes) is 2. The van der Waals surface area contributed by atoms with Gasteiger partial charge in [0.1, 0.15) is 18.1 Å². The quantitative estimate of drug-likeness (QED) is 0.508. The molecule has 0 saturated carbocycles. The fourth-order valence-corrected chi connectivity index (χ4v) is 3.12. The van der Waals surface area contributed by atoms with Crippen LogP contribution in [0.2, 0.25) is 0 Å². The van der Waals surface area contributed by atoms with Gasteiger partial charge in [0.25, 0.3) is 5.91 Å². The lowest BCUT2D eigenvalue weighted by Gasteiger charge is -2.22. The Morgan fingerprint density at radius 3 is 2.31 bits per heavy atom. The van der Waals surface area contributed by atoms with Crippen LogP contribution in [0.1, 0.15) is 76.4 Å². The molecule has 7 nitrogen and oxygen atoms in total. The fraction of sp³-hybridized carbons (Fsp3) is 0.560. The number of carbonyl (C=O) groups is 2. The number of amides is 2. The van der Waals surface area contributed by atoms with Crippen molar-refractivity contribution in [2.45, 2.75) is 65.7 Å². The van der Waals surface area contributed by atoms with E-state index < -0.39 is 0 Å². The third-order valence-corrected chi connectivity index (χ3v) is 5.19. The number of nitrogens with zero attached hydrogens (tertiary/aromatic N) is 3. The number of anilines is 1. The molecule has 1 N–H and O–H groups in total. The standard InChI is InChI=1S/C25H38N4O3/c1-7-9-15-29(24(31)19-11-13-20(14-12-19)32-16-10-8-2)18-23(30)26-22-17-21(25(3,4)5)27-28(22)6/h11-14,17H,7-10,15-16,18H2,1-6H3,(H,26,30). The highest BCUT2D eigenvalue weighted by Gasteiger charge is 2.22. The summed E-state index contributed by atoms with van der Waals surface area (Å²) in [5.41, 5.74) is 1.33.